The summed E-state index contributed by atoms with van der Waals surface area (Å²) in [6, 6.07) is 3.59. The molecular weight excluding hydrogens is 258 g/mol. The molecule has 0 radical (unpaired) electrons. The lowest BCUT2D eigenvalue weighted by Gasteiger charge is -2.29. The molecule has 0 spiro atoms. The summed E-state index contributed by atoms with van der Waals surface area (Å²) in [6.45, 7) is 0.942. The van der Waals surface area contributed by atoms with Gasteiger partial charge in [-0.1, -0.05) is 6.42 Å². The Balaban J connectivity index is 2.32. The SMILES string of the molecule is COc1cc(OC)c(C(O)C2CCCCN2)cc1OC. The van der Waals surface area contributed by atoms with Gasteiger partial charge in [0.15, 0.2) is 11.5 Å². The van der Waals surface area contributed by atoms with Crippen molar-refractivity contribution in [1.29, 1.82) is 0 Å². The van der Waals surface area contributed by atoms with Crippen LogP contribution in [0.1, 0.15) is 30.9 Å². The van der Waals surface area contributed by atoms with Gasteiger partial charge < -0.3 is 24.6 Å². The van der Waals surface area contributed by atoms with Crippen LogP contribution in [0, 0.1) is 0 Å². The molecule has 112 valence electrons. The van der Waals surface area contributed by atoms with Crippen LogP contribution in [0.4, 0.5) is 0 Å². The van der Waals surface area contributed by atoms with Gasteiger partial charge in [-0.3, -0.25) is 0 Å². The van der Waals surface area contributed by atoms with Crippen molar-refractivity contribution in [2.75, 3.05) is 27.9 Å². The first kappa shape index (κ1) is 14.9. The molecule has 0 aliphatic carbocycles. The topological polar surface area (TPSA) is 60.0 Å². The van der Waals surface area contributed by atoms with Crippen molar-refractivity contribution in [3.8, 4) is 17.2 Å². The highest BCUT2D eigenvalue weighted by molar-refractivity contribution is 5.51. The molecule has 2 N–H and O–H groups in total. The molecule has 0 aromatic heterocycles. The van der Waals surface area contributed by atoms with Crippen LogP contribution in [0.25, 0.3) is 0 Å². The van der Waals surface area contributed by atoms with E-state index in [9.17, 15) is 5.11 Å². The van der Waals surface area contributed by atoms with E-state index in [4.69, 9.17) is 14.2 Å². The molecule has 0 bridgehead atoms. The highest BCUT2D eigenvalue weighted by Crippen LogP contribution is 2.39. The predicted molar refractivity (Wildman–Crippen MR) is 76.7 cm³/mol. The molecule has 1 aromatic carbocycles. The minimum atomic E-state index is -0.620. The molecule has 0 amide bonds. The number of nitrogens with one attached hydrogen (secondary N) is 1. The Morgan fingerprint density at radius 1 is 1.05 bits per heavy atom. The Kier molecular flexibility index (Phi) is 5.09. The van der Waals surface area contributed by atoms with Crippen LogP contribution in [0.5, 0.6) is 17.2 Å². The molecule has 1 aliphatic rings. The molecule has 20 heavy (non-hydrogen) atoms. The van der Waals surface area contributed by atoms with Gasteiger partial charge in [0.25, 0.3) is 0 Å². The molecule has 5 nitrogen and oxygen atoms in total. The van der Waals surface area contributed by atoms with Crippen LogP contribution < -0.4 is 19.5 Å². The lowest BCUT2D eigenvalue weighted by Crippen LogP contribution is -2.38. The Bertz CT molecular complexity index is 444. The molecule has 1 fully saturated rings. The number of hydrogen-bond donors (Lipinski definition) is 2. The van der Waals surface area contributed by atoms with Crippen LogP contribution in [0.2, 0.25) is 0 Å². The van der Waals surface area contributed by atoms with E-state index in [1.54, 1.807) is 33.5 Å². The fraction of sp³-hybridized carbons (Fsp3) is 0.600. The zero-order valence-corrected chi connectivity index (χ0v) is 12.3. The van der Waals surface area contributed by atoms with Crippen LogP contribution in [0.15, 0.2) is 12.1 Å². The molecule has 1 saturated heterocycles. The van der Waals surface area contributed by atoms with Gasteiger partial charge >= 0.3 is 0 Å². The van der Waals surface area contributed by atoms with Crippen molar-refractivity contribution in [3.63, 3.8) is 0 Å². The average Bonchev–Trinajstić information content (AvgIpc) is 2.53. The maximum Gasteiger partial charge on any atom is 0.164 e. The highest BCUT2D eigenvalue weighted by atomic mass is 16.5. The monoisotopic (exact) mass is 281 g/mol. The minimum absolute atomic E-state index is 0.0516. The summed E-state index contributed by atoms with van der Waals surface area (Å²) >= 11 is 0. The lowest BCUT2D eigenvalue weighted by molar-refractivity contribution is 0.110. The Morgan fingerprint density at radius 3 is 2.25 bits per heavy atom. The van der Waals surface area contributed by atoms with Crippen LogP contribution in [0.3, 0.4) is 0 Å². The first-order valence-corrected chi connectivity index (χ1v) is 6.92. The summed E-state index contributed by atoms with van der Waals surface area (Å²) in [4.78, 5) is 0. The van der Waals surface area contributed by atoms with Crippen LogP contribution >= 0.6 is 0 Å². The molecular formula is C15H23NO4. The number of aliphatic hydroxyl groups is 1. The van der Waals surface area contributed by atoms with Gasteiger partial charge in [0.1, 0.15) is 5.75 Å². The van der Waals surface area contributed by atoms with Crippen molar-refractivity contribution in [3.05, 3.63) is 17.7 Å². The third-order valence-corrected chi connectivity index (χ3v) is 3.78. The van der Waals surface area contributed by atoms with Crippen LogP contribution in [-0.2, 0) is 0 Å². The van der Waals surface area contributed by atoms with Gasteiger partial charge in [-0.2, -0.15) is 0 Å². The van der Waals surface area contributed by atoms with Crippen LogP contribution in [-0.4, -0.2) is 39.0 Å². The summed E-state index contributed by atoms with van der Waals surface area (Å²) < 4.78 is 15.9. The minimum Gasteiger partial charge on any atom is -0.496 e. The van der Waals surface area contributed by atoms with Gasteiger partial charge in [0.05, 0.1) is 27.4 Å². The summed E-state index contributed by atoms with van der Waals surface area (Å²) in [7, 11) is 4.75. The molecule has 2 unspecified atom stereocenters. The number of piperidine rings is 1. The first-order valence-electron chi connectivity index (χ1n) is 6.92. The Morgan fingerprint density at radius 2 is 1.70 bits per heavy atom. The van der Waals surface area contributed by atoms with Crippen molar-refractivity contribution in [2.24, 2.45) is 0 Å². The summed E-state index contributed by atoms with van der Waals surface area (Å²) in [5.74, 6) is 1.80. The van der Waals surface area contributed by atoms with Gasteiger partial charge in [-0.15, -0.1) is 0 Å². The van der Waals surface area contributed by atoms with E-state index in [1.165, 1.54) is 0 Å². The number of aliphatic hydroxyl groups excluding tert-OH is 1. The van der Waals surface area contributed by atoms with Gasteiger partial charge in [-0.05, 0) is 25.5 Å². The van der Waals surface area contributed by atoms with Crippen molar-refractivity contribution in [2.45, 2.75) is 31.4 Å². The quantitative estimate of drug-likeness (QED) is 0.863. The maximum absolute atomic E-state index is 10.6. The largest absolute Gasteiger partial charge is 0.496 e. The van der Waals surface area contributed by atoms with E-state index in [0.29, 0.717) is 17.2 Å². The van der Waals surface area contributed by atoms with Gasteiger partial charge in [-0.25, -0.2) is 0 Å². The normalized spacial score (nSPS) is 20.3. The second-order valence-electron chi connectivity index (χ2n) is 4.95. The number of methoxy groups -OCH3 is 3. The van der Waals surface area contributed by atoms with Gasteiger partial charge in [0, 0.05) is 17.7 Å². The summed E-state index contributed by atoms with van der Waals surface area (Å²) in [5.41, 5.74) is 0.726. The summed E-state index contributed by atoms with van der Waals surface area (Å²) in [6.07, 6.45) is 2.63. The van der Waals surface area contributed by atoms with Crippen molar-refractivity contribution < 1.29 is 19.3 Å². The number of rotatable bonds is 5. The third-order valence-electron chi connectivity index (χ3n) is 3.78. The Hall–Kier alpha value is -1.46. The van der Waals surface area contributed by atoms with E-state index >= 15 is 0 Å². The summed E-state index contributed by atoms with van der Waals surface area (Å²) in [5, 5.41) is 14.0. The second kappa shape index (κ2) is 6.81. The van der Waals surface area contributed by atoms with E-state index in [0.717, 1.165) is 31.4 Å². The molecule has 1 aliphatic heterocycles. The Labute approximate surface area is 119 Å². The van der Waals surface area contributed by atoms with E-state index in [2.05, 4.69) is 5.32 Å². The third kappa shape index (κ3) is 2.99. The van der Waals surface area contributed by atoms with E-state index in [-0.39, 0.29) is 6.04 Å². The number of hydrogen-bond acceptors (Lipinski definition) is 5. The molecule has 2 atom stereocenters. The van der Waals surface area contributed by atoms with E-state index in [1.807, 2.05) is 0 Å². The maximum atomic E-state index is 10.6. The predicted octanol–water partition coefficient (Wildman–Crippen LogP) is 1.89. The van der Waals surface area contributed by atoms with Gasteiger partial charge in [0.2, 0.25) is 0 Å². The molecule has 1 aromatic rings. The lowest BCUT2D eigenvalue weighted by atomic mass is 9.94. The number of benzene rings is 1. The zero-order valence-electron chi connectivity index (χ0n) is 12.3. The van der Waals surface area contributed by atoms with Crippen molar-refractivity contribution >= 4 is 0 Å². The molecule has 1 heterocycles. The van der Waals surface area contributed by atoms with E-state index < -0.39 is 6.10 Å². The molecule has 5 heteroatoms. The molecule has 2 rings (SSSR count). The fourth-order valence-electron chi connectivity index (χ4n) is 2.65. The average molecular weight is 281 g/mol. The first-order chi connectivity index (χ1) is 9.71. The number of ether oxygens (including phenoxy) is 3. The highest BCUT2D eigenvalue weighted by Gasteiger charge is 2.26. The van der Waals surface area contributed by atoms with Crippen molar-refractivity contribution in [1.82, 2.24) is 5.32 Å². The smallest absolute Gasteiger partial charge is 0.164 e. The fourth-order valence-corrected chi connectivity index (χ4v) is 2.65. The standard InChI is InChI=1S/C15H23NO4/c1-18-12-9-14(20-3)13(19-2)8-10(12)15(17)11-6-4-5-7-16-11/h8-9,11,15-17H,4-7H2,1-3H3. The second-order valence-corrected chi connectivity index (χ2v) is 4.95. The zero-order chi connectivity index (χ0) is 14.5. The molecule has 0 saturated carbocycles.